The van der Waals surface area contributed by atoms with Gasteiger partial charge in [-0.3, -0.25) is 19.5 Å². The lowest BCUT2D eigenvalue weighted by molar-refractivity contribution is -0.384. The normalized spacial score (nSPS) is 12.0. The van der Waals surface area contributed by atoms with Crippen LogP contribution in [0, 0.1) is 10.1 Å². The number of nitrogens with zero attached hydrogens (tertiary/aromatic N) is 4. The number of nitro benzene ring substituents is 1. The van der Waals surface area contributed by atoms with Crippen LogP contribution in [0.3, 0.4) is 0 Å². The second kappa shape index (κ2) is 6.89. The Morgan fingerprint density at radius 2 is 1.76 bits per heavy atom. The van der Waals surface area contributed by atoms with Crippen molar-refractivity contribution >= 4 is 28.1 Å². The van der Waals surface area contributed by atoms with Gasteiger partial charge >= 0.3 is 6.18 Å². The Bertz CT molecular complexity index is 1180. The molecule has 1 amide bonds. The van der Waals surface area contributed by atoms with E-state index in [1.165, 1.54) is 25.2 Å². The second-order valence-electron chi connectivity index (χ2n) is 5.93. The molecule has 29 heavy (non-hydrogen) atoms. The maximum Gasteiger partial charge on any atom is 0.416 e. The van der Waals surface area contributed by atoms with Crippen molar-refractivity contribution in [2.75, 3.05) is 0 Å². The molecule has 0 unspecified atom stereocenters. The number of aromatic hydroxyl groups is 2. The molecule has 12 heteroatoms. The lowest BCUT2D eigenvalue weighted by Gasteiger charge is -2.06. The number of carbonyl (C=O) groups is 1. The molecule has 0 fully saturated rings. The van der Waals surface area contributed by atoms with Crippen LogP contribution in [0.1, 0.15) is 15.9 Å². The molecule has 2 N–H and O–H groups in total. The van der Waals surface area contributed by atoms with Crippen molar-refractivity contribution in [3.8, 4) is 11.8 Å². The first-order chi connectivity index (χ1) is 13.5. The highest BCUT2D eigenvalue weighted by molar-refractivity contribution is 6.02. The third kappa shape index (κ3) is 3.59. The molecule has 0 saturated heterocycles. The molecular weight excluding hydrogens is 397 g/mol. The molecule has 0 aliphatic carbocycles. The molecule has 0 spiro atoms. The van der Waals surface area contributed by atoms with E-state index in [0.29, 0.717) is 12.1 Å². The first-order valence-corrected chi connectivity index (χ1v) is 7.82. The smallest absolute Gasteiger partial charge is 0.416 e. The van der Waals surface area contributed by atoms with Crippen molar-refractivity contribution < 1.29 is 33.1 Å². The number of fused-ring (bicyclic) bond motifs is 1. The van der Waals surface area contributed by atoms with Crippen molar-refractivity contribution in [1.82, 2.24) is 4.57 Å². The van der Waals surface area contributed by atoms with Crippen LogP contribution in [0.5, 0.6) is 11.8 Å². The molecule has 1 heterocycles. The summed E-state index contributed by atoms with van der Waals surface area (Å²) < 4.78 is 39.2. The van der Waals surface area contributed by atoms with Crippen LogP contribution >= 0.6 is 0 Å². The Kier molecular flexibility index (Phi) is 4.70. The van der Waals surface area contributed by atoms with E-state index in [4.69, 9.17) is 0 Å². The SMILES string of the molecule is Cn1c(O)c2ccc(C(=O)N=Nc3ccc(C(F)(F)F)cc3[N+](=O)[O-])cc2c1O. The standard InChI is InChI=1S/C17H11F3N4O5/c1-23-15(26)10-4-2-8(6-11(10)16(23)27)14(25)22-21-12-5-3-9(17(18,19)20)7-13(12)24(28)29/h2-7,26-27H,1H3. The summed E-state index contributed by atoms with van der Waals surface area (Å²) in [6.45, 7) is 0. The van der Waals surface area contributed by atoms with Gasteiger partial charge in [0.2, 0.25) is 11.8 Å². The summed E-state index contributed by atoms with van der Waals surface area (Å²) in [5, 5.41) is 38.0. The third-order valence-electron chi connectivity index (χ3n) is 4.13. The average Bonchev–Trinajstić information content (AvgIpc) is 2.89. The summed E-state index contributed by atoms with van der Waals surface area (Å²) in [5.41, 5.74) is -2.79. The van der Waals surface area contributed by atoms with Crippen LogP contribution in [-0.2, 0) is 13.2 Å². The Hall–Kier alpha value is -3.96. The third-order valence-corrected chi connectivity index (χ3v) is 4.13. The number of nitro groups is 1. The Morgan fingerprint density at radius 1 is 1.10 bits per heavy atom. The zero-order valence-electron chi connectivity index (χ0n) is 14.5. The number of rotatable bonds is 3. The fourth-order valence-electron chi connectivity index (χ4n) is 2.61. The molecule has 0 aliphatic heterocycles. The summed E-state index contributed by atoms with van der Waals surface area (Å²) in [7, 11) is 1.40. The second-order valence-corrected chi connectivity index (χ2v) is 5.93. The van der Waals surface area contributed by atoms with Gasteiger partial charge in [0, 0.05) is 29.4 Å². The summed E-state index contributed by atoms with van der Waals surface area (Å²) in [5.74, 6) is -1.48. The average molecular weight is 408 g/mol. The monoisotopic (exact) mass is 408 g/mol. The number of carbonyl (C=O) groups excluding carboxylic acids is 1. The van der Waals surface area contributed by atoms with Crippen LogP contribution in [0.25, 0.3) is 10.8 Å². The first kappa shape index (κ1) is 19.8. The summed E-state index contributed by atoms with van der Waals surface area (Å²) >= 11 is 0. The molecule has 0 atom stereocenters. The summed E-state index contributed by atoms with van der Waals surface area (Å²) in [6, 6.07) is 5.49. The van der Waals surface area contributed by atoms with Crippen molar-refractivity contribution in [3.05, 3.63) is 57.6 Å². The lowest BCUT2D eigenvalue weighted by Crippen LogP contribution is -2.05. The maximum absolute atomic E-state index is 12.7. The van der Waals surface area contributed by atoms with E-state index < -0.39 is 33.9 Å². The molecule has 2 aromatic carbocycles. The minimum Gasteiger partial charge on any atom is -0.494 e. The number of aromatic nitrogens is 1. The number of halogens is 3. The van der Waals surface area contributed by atoms with Crippen molar-refractivity contribution in [2.45, 2.75) is 6.18 Å². The Morgan fingerprint density at radius 3 is 2.38 bits per heavy atom. The zero-order chi connectivity index (χ0) is 21.5. The highest BCUT2D eigenvalue weighted by Gasteiger charge is 2.33. The zero-order valence-corrected chi connectivity index (χ0v) is 14.5. The van der Waals surface area contributed by atoms with Crippen LogP contribution in [0.4, 0.5) is 24.5 Å². The van der Waals surface area contributed by atoms with Gasteiger partial charge in [0.25, 0.3) is 11.6 Å². The highest BCUT2D eigenvalue weighted by atomic mass is 19.4. The molecular formula is C17H11F3N4O5. The van der Waals surface area contributed by atoms with Gasteiger partial charge in [0.1, 0.15) is 0 Å². The van der Waals surface area contributed by atoms with Gasteiger partial charge in [-0.05, 0) is 30.3 Å². The van der Waals surface area contributed by atoms with Crippen LogP contribution in [0.15, 0.2) is 46.6 Å². The number of hydrogen-bond acceptors (Lipinski definition) is 6. The summed E-state index contributed by atoms with van der Waals surface area (Å²) in [6.07, 6.45) is -4.78. The van der Waals surface area contributed by atoms with Crippen LogP contribution < -0.4 is 0 Å². The topological polar surface area (TPSA) is 130 Å². The quantitative estimate of drug-likeness (QED) is 0.376. The van der Waals surface area contributed by atoms with E-state index in [2.05, 4.69) is 10.2 Å². The highest BCUT2D eigenvalue weighted by Crippen LogP contribution is 2.37. The largest absolute Gasteiger partial charge is 0.494 e. The van der Waals surface area contributed by atoms with Gasteiger partial charge in [0.15, 0.2) is 5.69 Å². The number of hydrogen-bond donors (Lipinski definition) is 2. The van der Waals surface area contributed by atoms with Gasteiger partial charge in [0.05, 0.1) is 10.5 Å². The van der Waals surface area contributed by atoms with Gasteiger partial charge in [-0.2, -0.15) is 13.2 Å². The molecule has 9 nitrogen and oxygen atoms in total. The van der Waals surface area contributed by atoms with Crippen LogP contribution in [-0.4, -0.2) is 25.6 Å². The molecule has 0 saturated carbocycles. The predicted octanol–water partition coefficient (Wildman–Crippen LogP) is 4.44. The Balaban J connectivity index is 1.96. The minimum absolute atomic E-state index is 0.0586. The molecule has 150 valence electrons. The van der Waals surface area contributed by atoms with E-state index in [0.717, 1.165) is 10.6 Å². The van der Waals surface area contributed by atoms with Gasteiger partial charge in [-0.25, -0.2) is 0 Å². The fourth-order valence-corrected chi connectivity index (χ4v) is 2.61. The van der Waals surface area contributed by atoms with E-state index >= 15 is 0 Å². The van der Waals surface area contributed by atoms with Crippen molar-refractivity contribution in [3.63, 3.8) is 0 Å². The number of benzene rings is 2. The van der Waals surface area contributed by atoms with Crippen molar-refractivity contribution in [1.29, 1.82) is 0 Å². The van der Waals surface area contributed by atoms with Crippen molar-refractivity contribution in [2.24, 2.45) is 17.3 Å². The molecule has 1 aromatic heterocycles. The minimum atomic E-state index is -4.78. The van der Waals surface area contributed by atoms with E-state index in [1.807, 2.05) is 0 Å². The molecule has 0 bridgehead atoms. The summed E-state index contributed by atoms with van der Waals surface area (Å²) in [4.78, 5) is 22.2. The fraction of sp³-hybridized carbons (Fsp3) is 0.118. The molecule has 0 radical (unpaired) electrons. The Labute approximate surface area is 159 Å². The van der Waals surface area contributed by atoms with E-state index in [-0.39, 0.29) is 28.1 Å². The number of alkyl halides is 3. The number of amides is 1. The van der Waals surface area contributed by atoms with Gasteiger partial charge < -0.3 is 10.2 Å². The van der Waals surface area contributed by atoms with Gasteiger partial charge in [-0.15, -0.1) is 10.2 Å². The molecule has 3 aromatic rings. The lowest BCUT2D eigenvalue weighted by atomic mass is 10.1. The van der Waals surface area contributed by atoms with E-state index in [9.17, 15) is 38.3 Å². The molecule has 0 aliphatic rings. The first-order valence-electron chi connectivity index (χ1n) is 7.82. The molecule has 3 rings (SSSR count). The van der Waals surface area contributed by atoms with E-state index in [1.54, 1.807) is 0 Å². The van der Waals surface area contributed by atoms with Gasteiger partial charge in [-0.1, -0.05) is 0 Å². The maximum atomic E-state index is 12.7. The van der Waals surface area contributed by atoms with Crippen LogP contribution in [0.2, 0.25) is 0 Å². The number of azo groups is 1. The predicted molar refractivity (Wildman–Crippen MR) is 93.2 cm³/mol.